The Balaban J connectivity index is 1.02. The van der Waals surface area contributed by atoms with E-state index in [0.717, 1.165) is 79.3 Å². The van der Waals surface area contributed by atoms with Gasteiger partial charge in [0.05, 0.1) is 30.6 Å². The predicted molar refractivity (Wildman–Crippen MR) is 249 cm³/mol. The third-order valence-corrected chi connectivity index (χ3v) is 20.4. The highest BCUT2D eigenvalue weighted by molar-refractivity contribution is 8.76. The molecule has 10 aliphatic rings. The van der Waals surface area contributed by atoms with E-state index >= 15 is 4.79 Å². The Bertz CT molecular complexity index is 2660. The summed E-state index contributed by atoms with van der Waals surface area (Å²) in [6, 6.07) is 12.0. The van der Waals surface area contributed by atoms with Crippen LogP contribution in [0.15, 0.2) is 101 Å². The molecule has 352 valence electrons. The number of fused-ring (bicyclic) bond motifs is 3. The monoisotopic (exact) mass is 948 g/mol. The molecule has 13 unspecified atom stereocenters. The van der Waals surface area contributed by atoms with Crippen LogP contribution in [0.5, 0.6) is 5.75 Å². The lowest BCUT2D eigenvalue weighted by atomic mass is 9.43. The van der Waals surface area contributed by atoms with Gasteiger partial charge >= 0.3 is 0 Å². The fourth-order valence-electron chi connectivity index (χ4n) is 15.5. The molecule has 67 heavy (non-hydrogen) atoms. The summed E-state index contributed by atoms with van der Waals surface area (Å²) < 4.78 is 13.0. The van der Waals surface area contributed by atoms with Crippen LogP contribution in [0, 0.1) is 45.8 Å². The zero-order valence-electron chi connectivity index (χ0n) is 37.0. The number of rotatable bonds is 5. The maximum Gasteiger partial charge on any atom is 0.230 e. The van der Waals surface area contributed by atoms with Crippen molar-refractivity contribution in [1.82, 2.24) is 10.6 Å². The molecule has 7 aliphatic carbocycles. The number of carbonyl (C=O) groups excluding carboxylic acids is 3. The molecular formula is C52H56N2O11S2. The first kappa shape index (κ1) is 44.0. The number of aliphatic hydroxyl groups excluding tert-OH is 5. The van der Waals surface area contributed by atoms with Gasteiger partial charge in [0.2, 0.25) is 6.29 Å². The van der Waals surface area contributed by atoms with Crippen molar-refractivity contribution in [2.45, 2.75) is 94.1 Å². The number of dihydropyridines is 1. The van der Waals surface area contributed by atoms with Gasteiger partial charge in [-0.15, -0.1) is 0 Å². The van der Waals surface area contributed by atoms with E-state index in [4.69, 9.17) is 9.47 Å². The van der Waals surface area contributed by atoms with Gasteiger partial charge in [0.15, 0.2) is 11.6 Å². The molecule has 13 nitrogen and oxygen atoms in total. The van der Waals surface area contributed by atoms with Crippen LogP contribution >= 0.6 is 21.6 Å². The number of hydrogen-bond donors (Lipinski definition) is 8. The summed E-state index contributed by atoms with van der Waals surface area (Å²) in [6.45, 7) is -0.364. The van der Waals surface area contributed by atoms with E-state index in [-0.39, 0.29) is 58.2 Å². The van der Waals surface area contributed by atoms with Crippen molar-refractivity contribution in [3.8, 4) is 5.75 Å². The molecule has 2 aromatic rings. The van der Waals surface area contributed by atoms with Crippen LogP contribution in [0.25, 0.3) is 0 Å². The Hall–Kier alpha value is -4.19. The molecule has 12 rings (SSSR count). The number of aldehydes is 1. The summed E-state index contributed by atoms with van der Waals surface area (Å²) >= 11 is 0. The smallest absolute Gasteiger partial charge is 0.230 e. The summed E-state index contributed by atoms with van der Waals surface area (Å²) in [6.07, 6.45) is 9.23. The zero-order chi connectivity index (χ0) is 46.3. The van der Waals surface area contributed by atoms with Crippen LogP contribution in [0.1, 0.15) is 83.2 Å². The van der Waals surface area contributed by atoms with Gasteiger partial charge in [0, 0.05) is 35.1 Å². The Kier molecular flexibility index (Phi) is 10.3. The Morgan fingerprint density at radius 1 is 0.985 bits per heavy atom. The van der Waals surface area contributed by atoms with Crippen LogP contribution in [-0.2, 0) is 22.6 Å². The van der Waals surface area contributed by atoms with Crippen molar-refractivity contribution >= 4 is 39.4 Å². The predicted octanol–water partition coefficient (Wildman–Crippen LogP) is 5.14. The lowest BCUT2D eigenvalue weighted by molar-refractivity contribution is -0.358. The molecule has 15 heteroatoms. The second-order valence-corrected chi connectivity index (χ2v) is 23.2. The van der Waals surface area contributed by atoms with E-state index < -0.39 is 70.5 Å². The fraction of sp³-hybridized carbons (Fsp3) is 0.519. The number of aliphatic hydroxyl groups is 6. The molecule has 2 aromatic carbocycles. The molecule has 3 saturated carbocycles. The lowest BCUT2D eigenvalue weighted by Gasteiger charge is -2.65. The van der Waals surface area contributed by atoms with Crippen LogP contribution in [0.3, 0.4) is 0 Å². The van der Waals surface area contributed by atoms with Gasteiger partial charge in [-0.2, -0.15) is 0 Å². The molecule has 3 aliphatic heterocycles. The van der Waals surface area contributed by atoms with Gasteiger partial charge in [-0.1, -0.05) is 82.6 Å². The van der Waals surface area contributed by atoms with Crippen molar-refractivity contribution in [3.05, 3.63) is 123 Å². The zero-order valence-corrected chi connectivity index (χ0v) is 38.6. The van der Waals surface area contributed by atoms with Crippen LogP contribution in [0.4, 0.5) is 0 Å². The average Bonchev–Trinajstić information content (AvgIpc) is 3.88. The van der Waals surface area contributed by atoms with Gasteiger partial charge in [-0.3, -0.25) is 9.59 Å². The number of Topliss-reactive ketones (excluding diaryl/α,β-unsaturated/α-hetero) is 2. The Morgan fingerprint density at radius 3 is 2.64 bits per heavy atom. The number of ketones is 2. The summed E-state index contributed by atoms with van der Waals surface area (Å²) in [4.78, 5) is 43.6. The molecule has 4 fully saturated rings. The number of ether oxygens (including phenoxy) is 2. The second-order valence-electron chi connectivity index (χ2n) is 20.8. The largest absolute Gasteiger partial charge is 0.511 e. The number of carbonyl (C=O) groups is 3. The number of benzene rings is 2. The number of hydrogen-bond acceptors (Lipinski definition) is 15. The summed E-state index contributed by atoms with van der Waals surface area (Å²) in [5, 5.41) is 79.8. The highest BCUT2D eigenvalue weighted by Gasteiger charge is 2.77. The first-order chi connectivity index (χ1) is 32.4. The molecule has 3 heterocycles. The van der Waals surface area contributed by atoms with Gasteiger partial charge in [-0.25, -0.2) is 0 Å². The van der Waals surface area contributed by atoms with Gasteiger partial charge in [0.1, 0.15) is 52.4 Å². The molecule has 1 saturated heterocycles. The van der Waals surface area contributed by atoms with E-state index in [1.165, 1.54) is 33.2 Å². The van der Waals surface area contributed by atoms with Crippen molar-refractivity contribution in [3.63, 3.8) is 0 Å². The minimum atomic E-state index is -2.38. The summed E-state index contributed by atoms with van der Waals surface area (Å²) in [5.74, 6) is -2.31. The maximum atomic E-state index is 15.5. The van der Waals surface area contributed by atoms with E-state index in [2.05, 4.69) is 10.6 Å². The number of nitrogens with one attached hydrogen (secondary N) is 2. The topological polar surface area (TPSA) is 215 Å². The molecule has 0 radical (unpaired) electrons. The lowest BCUT2D eigenvalue weighted by Crippen LogP contribution is -2.79. The van der Waals surface area contributed by atoms with Crippen LogP contribution in [-0.4, -0.2) is 103 Å². The van der Waals surface area contributed by atoms with Crippen molar-refractivity contribution in [1.29, 1.82) is 0 Å². The van der Waals surface area contributed by atoms with Crippen molar-refractivity contribution < 1.29 is 54.5 Å². The van der Waals surface area contributed by atoms with Gasteiger partial charge < -0.3 is 55.5 Å². The molecule has 0 amide bonds. The normalized spacial score (nSPS) is 41.4. The van der Waals surface area contributed by atoms with E-state index in [1.807, 2.05) is 30.3 Å². The molecule has 9 bridgehead atoms. The van der Waals surface area contributed by atoms with E-state index in [0.29, 0.717) is 30.8 Å². The molecule has 8 N–H and O–H groups in total. The quantitative estimate of drug-likeness (QED) is 0.111. The third-order valence-electron chi connectivity index (χ3n) is 18.2. The second kappa shape index (κ2) is 15.7. The highest BCUT2D eigenvalue weighted by Crippen LogP contribution is 2.78. The standard InChI is InChI=1S/C52H56N2O11S2/c55-22-28-5-1-4-27(16-28)17-29-18-35-42(59)33-7-2-8-36-40(33)43(60)50(35,39(58)19-29)25-66-67-26-54-45-34-11-12-37-48(14-3-6-32(48)23-56)20-31-10-9-30(21-53-45)41(34)51(31,37)38-13-15-49(24-57)47(62)52(38,63)44(61)46(64-36)65-49/h1-2,4-5,7-8,13,15-16,18-19,23,31-32,35,37-38,44,46-47,53-55,57-58,61-63H,3,6,9-12,14,17,20-22,24-26H2. The SMILES string of the molecule is O=CC1CCCC12CC1CCC3=C4C5=C(NCSSCC67C(=O)c8c(cccc8C(=O)C6C=C(Cc6cccc(CO)c6)C=C7O)OC6OC7(CO)C=CC(C(O)(C6O)C7O)C41C2CC5)NC3. The Labute approximate surface area is 396 Å². The average molecular weight is 949 g/mol. The third kappa shape index (κ3) is 5.77. The minimum absolute atomic E-state index is 0.00528. The van der Waals surface area contributed by atoms with Crippen LogP contribution < -0.4 is 15.4 Å². The molecular weight excluding hydrogens is 893 g/mol. The van der Waals surface area contributed by atoms with E-state index in [1.54, 1.807) is 30.4 Å². The molecule has 0 aromatic heterocycles. The fourth-order valence-corrected chi connectivity index (χ4v) is 17.8. The van der Waals surface area contributed by atoms with Gasteiger partial charge in [-0.05, 0) is 114 Å². The Morgan fingerprint density at radius 2 is 1.82 bits per heavy atom. The molecule has 3 spiro atoms. The summed E-state index contributed by atoms with van der Waals surface area (Å²) in [7, 11) is 2.85. The maximum absolute atomic E-state index is 15.5. The van der Waals surface area contributed by atoms with E-state index in [9.17, 15) is 40.2 Å². The first-order valence-electron chi connectivity index (χ1n) is 23.8. The molecule has 13 atom stereocenters. The van der Waals surface area contributed by atoms with Gasteiger partial charge in [0.25, 0.3) is 0 Å². The van der Waals surface area contributed by atoms with Crippen LogP contribution in [0.2, 0.25) is 0 Å². The minimum Gasteiger partial charge on any atom is -0.511 e. The number of allylic oxidation sites excluding steroid dienone is 6. The highest BCUT2D eigenvalue weighted by atomic mass is 33.1. The summed E-state index contributed by atoms with van der Waals surface area (Å²) in [5.41, 5.74) is -1.57. The van der Waals surface area contributed by atoms with Crippen molar-refractivity contribution in [2.24, 2.45) is 45.8 Å². The first-order valence-corrected chi connectivity index (χ1v) is 26.3. The van der Waals surface area contributed by atoms with Crippen molar-refractivity contribution in [2.75, 3.05) is 24.8 Å².